The Morgan fingerprint density at radius 1 is 0.425 bits per heavy atom. The van der Waals surface area contributed by atoms with Gasteiger partial charge in [0.05, 0.1) is 6.54 Å². The van der Waals surface area contributed by atoms with E-state index in [1.54, 1.807) is 0 Å². The molecule has 0 aliphatic heterocycles. The molecule has 0 spiro atoms. The van der Waals surface area contributed by atoms with Crippen LogP contribution in [-0.2, 0) is 19.6 Å². The van der Waals surface area contributed by atoms with Crippen molar-refractivity contribution in [3.8, 4) is 0 Å². The topological polar surface area (TPSA) is 0 Å². The highest BCUT2D eigenvalue weighted by molar-refractivity contribution is 5.17. The zero-order valence-electron chi connectivity index (χ0n) is 25.5. The van der Waals surface area contributed by atoms with E-state index in [2.05, 4.69) is 110 Å². The van der Waals surface area contributed by atoms with Crippen LogP contribution in [0.4, 0.5) is 0 Å². The molecule has 0 N–H and O–H groups in total. The lowest BCUT2D eigenvalue weighted by Crippen LogP contribution is -2.46. The Bertz CT molecular complexity index is 907. The van der Waals surface area contributed by atoms with Crippen molar-refractivity contribution in [3.05, 3.63) is 120 Å². The Balaban J connectivity index is 1.45. The Kier molecular flexibility index (Phi) is 16.2. The van der Waals surface area contributed by atoms with Crippen LogP contribution in [0.1, 0.15) is 114 Å². The maximum atomic E-state index is 2.44. The van der Waals surface area contributed by atoms with E-state index in [0.29, 0.717) is 0 Å². The maximum Gasteiger partial charge on any atom is 0.105 e. The van der Waals surface area contributed by atoms with Gasteiger partial charge in [0.2, 0.25) is 0 Å². The molecule has 0 aliphatic carbocycles. The maximum absolute atomic E-state index is 2.44. The summed E-state index contributed by atoms with van der Waals surface area (Å²) in [6.07, 6.45) is 23.9. The summed E-state index contributed by atoms with van der Waals surface area (Å²) in [7, 11) is 0. The zero-order valence-corrected chi connectivity index (χ0v) is 25.5. The molecule has 0 radical (unpaired) electrons. The van der Waals surface area contributed by atoms with Crippen LogP contribution in [0.5, 0.6) is 0 Å². The third-order valence-electron chi connectivity index (χ3n) is 8.23. The summed E-state index contributed by atoms with van der Waals surface area (Å²) in [6, 6.07) is 33.4. The third-order valence-corrected chi connectivity index (χ3v) is 8.23. The quantitative estimate of drug-likeness (QED) is 0.0678. The largest absolute Gasteiger partial charge is 0.312 e. The van der Waals surface area contributed by atoms with Gasteiger partial charge >= 0.3 is 0 Å². The van der Waals surface area contributed by atoms with Crippen molar-refractivity contribution < 1.29 is 4.48 Å². The van der Waals surface area contributed by atoms with Crippen LogP contribution in [-0.4, -0.2) is 11.0 Å². The van der Waals surface area contributed by atoms with E-state index in [1.165, 1.54) is 113 Å². The van der Waals surface area contributed by atoms with E-state index in [1.807, 2.05) is 0 Å². The van der Waals surface area contributed by atoms with Crippen molar-refractivity contribution in [2.24, 2.45) is 0 Å². The lowest BCUT2D eigenvalue weighted by atomic mass is 10.0. The lowest BCUT2D eigenvalue weighted by Gasteiger charge is -2.39. The van der Waals surface area contributed by atoms with Gasteiger partial charge in [-0.15, -0.1) is 0 Å². The number of hydrogen-bond donors (Lipinski definition) is 0. The molecule has 0 fully saturated rings. The van der Waals surface area contributed by atoms with Gasteiger partial charge in [-0.05, 0) is 38.5 Å². The van der Waals surface area contributed by atoms with Gasteiger partial charge in [0.25, 0.3) is 0 Å². The summed E-state index contributed by atoms with van der Waals surface area (Å²) in [6.45, 7) is 6.75. The second-order valence-corrected chi connectivity index (χ2v) is 11.9. The fourth-order valence-corrected chi connectivity index (χ4v) is 6.01. The first-order valence-corrected chi connectivity index (χ1v) is 16.4. The van der Waals surface area contributed by atoms with Crippen LogP contribution in [0.3, 0.4) is 0 Å². The molecule has 3 aromatic carbocycles. The molecule has 0 aliphatic rings. The van der Waals surface area contributed by atoms with Crippen LogP contribution in [0.15, 0.2) is 103 Å². The molecule has 1 heteroatoms. The van der Waals surface area contributed by atoms with Gasteiger partial charge in [-0.2, -0.15) is 0 Å². The van der Waals surface area contributed by atoms with Crippen molar-refractivity contribution in [1.29, 1.82) is 0 Å². The van der Waals surface area contributed by atoms with E-state index < -0.39 is 0 Å². The summed E-state index contributed by atoms with van der Waals surface area (Å²) in [5.41, 5.74) is 4.33. The predicted octanol–water partition coefficient (Wildman–Crippen LogP) is 11.4. The predicted molar refractivity (Wildman–Crippen MR) is 175 cm³/mol. The molecule has 1 nitrogen and oxygen atoms in total. The van der Waals surface area contributed by atoms with Gasteiger partial charge in [0.15, 0.2) is 0 Å². The Morgan fingerprint density at radius 3 is 1.18 bits per heavy atom. The van der Waals surface area contributed by atoms with Gasteiger partial charge in [0.1, 0.15) is 19.6 Å². The minimum Gasteiger partial charge on any atom is -0.312 e. The van der Waals surface area contributed by atoms with Gasteiger partial charge < -0.3 is 4.48 Å². The Hall–Kier alpha value is -2.64. The van der Waals surface area contributed by atoms with Gasteiger partial charge in [0, 0.05) is 16.7 Å². The number of quaternary nitrogens is 1. The zero-order chi connectivity index (χ0) is 28.0. The molecule has 0 atom stereocenters. The fraction of sp³-hybridized carbons (Fsp3) is 0.487. The van der Waals surface area contributed by atoms with Crippen LogP contribution in [0, 0.1) is 0 Å². The molecule has 40 heavy (non-hydrogen) atoms. The Morgan fingerprint density at radius 2 is 0.775 bits per heavy atom. The second-order valence-electron chi connectivity index (χ2n) is 11.9. The number of nitrogens with zero attached hydrogens (tertiary/aromatic N) is 1. The summed E-state index contributed by atoms with van der Waals surface area (Å²) in [5.74, 6) is 0. The van der Waals surface area contributed by atoms with Crippen molar-refractivity contribution in [1.82, 2.24) is 0 Å². The molecule has 0 saturated carbocycles. The fourth-order valence-electron chi connectivity index (χ4n) is 6.01. The smallest absolute Gasteiger partial charge is 0.105 e. The third kappa shape index (κ3) is 13.6. The van der Waals surface area contributed by atoms with Crippen LogP contribution >= 0.6 is 0 Å². The first-order valence-electron chi connectivity index (χ1n) is 16.4. The summed E-state index contributed by atoms with van der Waals surface area (Å²) >= 11 is 0. The number of unbranched alkanes of at least 4 members (excludes halogenated alkanes) is 12. The molecule has 0 bridgehead atoms. The van der Waals surface area contributed by atoms with Crippen molar-refractivity contribution in [2.75, 3.05) is 6.54 Å². The normalized spacial score (nSPS) is 11.8. The van der Waals surface area contributed by atoms with E-state index in [9.17, 15) is 0 Å². The molecule has 3 rings (SSSR count). The molecular formula is C39H56N+. The second kappa shape index (κ2) is 20.3. The molecule has 0 unspecified atom stereocenters. The number of benzene rings is 3. The highest BCUT2D eigenvalue weighted by Crippen LogP contribution is 2.26. The summed E-state index contributed by atoms with van der Waals surface area (Å²) in [5, 5.41) is 0. The molecule has 0 aromatic heterocycles. The minimum absolute atomic E-state index is 1.08. The standard InChI is InChI=1S/C39H56N/c1-2-3-4-5-6-7-8-9-10-11-12-13-14-15-16-26-33-40(34-37-27-20-17-21-28-37,35-38-29-22-18-23-30-38)36-39-31-24-19-25-32-39/h10-11,17-25,27-32H,2-9,12-16,26,33-36H2,1H3/q+1/b11-10+. The van der Waals surface area contributed by atoms with Crippen molar-refractivity contribution in [3.63, 3.8) is 0 Å². The van der Waals surface area contributed by atoms with E-state index in [-0.39, 0.29) is 0 Å². The van der Waals surface area contributed by atoms with Crippen molar-refractivity contribution >= 4 is 0 Å². The molecule has 3 aromatic rings. The highest BCUT2D eigenvalue weighted by Gasteiger charge is 2.28. The summed E-state index contributed by atoms with van der Waals surface area (Å²) < 4.78 is 1.08. The van der Waals surface area contributed by atoms with Gasteiger partial charge in [-0.1, -0.05) is 161 Å². The first-order chi connectivity index (χ1) is 19.8. The van der Waals surface area contributed by atoms with E-state index in [4.69, 9.17) is 0 Å². The number of rotatable bonds is 22. The molecule has 0 heterocycles. The summed E-state index contributed by atoms with van der Waals surface area (Å²) in [4.78, 5) is 0. The number of allylic oxidation sites excluding steroid dienone is 2. The average molecular weight is 539 g/mol. The van der Waals surface area contributed by atoms with E-state index >= 15 is 0 Å². The van der Waals surface area contributed by atoms with Crippen LogP contribution < -0.4 is 0 Å². The molecule has 0 saturated heterocycles. The monoisotopic (exact) mass is 538 g/mol. The van der Waals surface area contributed by atoms with Gasteiger partial charge in [-0.3, -0.25) is 0 Å². The SMILES string of the molecule is CCCCCCCCC/C=C/CCCCCCC[N+](Cc1ccccc1)(Cc1ccccc1)Cc1ccccc1. The molecule has 0 amide bonds. The van der Waals surface area contributed by atoms with Crippen LogP contribution in [0.2, 0.25) is 0 Å². The number of hydrogen-bond acceptors (Lipinski definition) is 0. The van der Waals surface area contributed by atoms with Gasteiger partial charge in [-0.25, -0.2) is 0 Å². The highest BCUT2D eigenvalue weighted by atomic mass is 15.3. The lowest BCUT2D eigenvalue weighted by molar-refractivity contribution is -0.966. The Labute approximate surface area is 246 Å². The molecule has 216 valence electrons. The van der Waals surface area contributed by atoms with E-state index in [0.717, 1.165) is 24.1 Å². The van der Waals surface area contributed by atoms with Crippen LogP contribution in [0.25, 0.3) is 0 Å². The molecular weight excluding hydrogens is 482 g/mol. The average Bonchev–Trinajstić information content (AvgIpc) is 2.98. The van der Waals surface area contributed by atoms with Crippen molar-refractivity contribution in [2.45, 2.75) is 116 Å². The first kappa shape index (κ1) is 31.9. The minimum atomic E-state index is 1.08.